The van der Waals surface area contributed by atoms with Crippen molar-refractivity contribution in [2.45, 2.75) is 20.0 Å². The summed E-state index contributed by atoms with van der Waals surface area (Å²) in [5.41, 5.74) is 1.45. The summed E-state index contributed by atoms with van der Waals surface area (Å²) < 4.78 is 38.3. The molecule has 0 aliphatic rings. The van der Waals surface area contributed by atoms with Crippen LogP contribution in [-0.2, 0) is 6.18 Å². The molecule has 0 amide bonds. The van der Waals surface area contributed by atoms with E-state index in [0.29, 0.717) is 16.7 Å². The largest absolute Gasteiger partial charge is 0.507 e. The number of aryl methyl sites for hydroxylation is 2. The second kappa shape index (κ2) is 6.17. The first kappa shape index (κ1) is 16.6. The first-order valence-corrected chi connectivity index (χ1v) is 6.82. The molecule has 118 valence electrons. The number of rotatable bonds is 2. The zero-order chi connectivity index (χ0) is 17.2. The maximum Gasteiger partial charge on any atom is 0.416 e. The van der Waals surface area contributed by atoms with Crippen LogP contribution < -0.4 is 0 Å². The summed E-state index contributed by atoms with van der Waals surface area (Å²) >= 11 is 0. The van der Waals surface area contributed by atoms with Crippen molar-refractivity contribution >= 4 is 11.6 Å². The van der Waals surface area contributed by atoms with E-state index in [1.54, 1.807) is 26.0 Å². The van der Waals surface area contributed by atoms with Crippen LogP contribution in [0, 0.1) is 25.2 Å². The van der Waals surface area contributed by atoms with Crippen molar-refractivity contribution in [3.63, 3.8) is 0 Å². The van der Waals surface area contributed by atoms with Gasteiger partial charge in [0.25, 0.3) is 0 Å². The number of nitriles is 1. The Morgan fingerprint density at radius 1 is 1.13 bits per heavy atom. The third-order valence-corrected chi connectivity index (χ3v) is 3.45. The van der Waals surface area contributed by atoms with Crippen molar-refractivity contribution < 1.29 is 18.3 Å². The van der Waals surface area contributed by atoms with Gasteiger partial charge in [0, 0.05) is 0 Å². The molecule has 0 aliphatic carbocycles. The molecule has 2 nitrogen and oxygen atoms in total. The first-order chi connectivity index (χ1) is 10.7. The summed E-state index contributed by atoms with van der Waals surface area (Å²) in [6, 6.07) is 9.93. The standard InChI is InChI=1S/C18H14F3NO/c1-11-6-13(7-12(2)17(11)23)8-15(10-22)14-4-3-5-16(9-14)18(19,20)21/h3-9,23H,1-2H3. The average Bonchev–Trinajstić information content (AvgIpc) is 2.49. The lowest BCUT2D eigenvalue weighted by molar-refractivity contribution is -0.137. The molecule has 2 aromatic carbocycles. The number of aromatic hydroxyl groups is 1. The summed E-state index contributed by atoms with van der Waals surface area (Å²) in [6.45, 7) is 3.44. The van der Waals surface area contributed by atoms with Gasteiger partial charge in [0.05, 0.1) is 17.2 Å². The average molecular weight is 317 g/mol. The molecule has 0 heterocycles. The fourth-order valence-electron chi connectivity index (χ4n) is 2.28. The maximum absolute atomic E-state index is 12.8. The highest BCUT2D eigenvalue weighted by Gasteiger charge is 2.30. The highest BCUT2D eigenvalue weighted by atomic mass is 19.4. The van der Waals surface area contributed by atoms with E-state index >= 15 is 0 Å². The van der Waals surface area contributed by atoms with E-state index in [9.17, 15) is 23.5 Å². The van der Waals surface area contributed by atoms with Crippen molar-refractivity contribution in [3.05, 3.63) is 64.2 Å². The summed E-state index contributed by atoms with van der Waals surface area (Å²) in [4.78, 5) is 0. The van der Waals surface area contributed by atoms with Gasteiger partial charge >= 0.3 is 6.18 Å². The minimum atomic E-state index is -4.46. The van der Waals surface area contributed by atoms with Crippen LogP contribution in [0.25, 0.3) is 11.6 Å². The Balaban J connectivity index is 2.51. The summed E-state index contributed by atoms with van der Waals surface area (Å²) in [6.07, 6.45) is -2.95. The van der Waals surface area contributed by atoms with Gasteiger partial charge in [0.1, 0.15) is 5.75 Å². The Hall–Kier alpha value is -2.74. The molecule has 0 saturated carbocycles. The van der Waals surface area contributed by atoms with Crippen LogP contribution in [0.5, 0.6) is 5.75 Å². The number of allylic oxidation sites excluding steroid dienone is 1. The molecule has 0 bridgehead atoms. The van der Waals surface area contributed by atoms with Crippen molar-refractivity contribution in [1.82, 2.24) is 0 Å². The number of phenols is 1. The molecule has 0 fully saturated rings. The Morgan fingerprint density at radius 2 is 1.74 bits per heavy atom. The van der Waals surface area contributed by atoms with E-state index < -0.39 is 11.7 Å². The van der Waals surface area contributed by atoms with E-state index in [4.69, 9.17) is 0 Å². The molecule has 2 rings (SSSR count). The van der Waals surface area contributed by atoms with Crippen LogP contribution in [-0.4, -0.2) is 5.11 Å². The van der Waals surface area contributed by atoms with Gasteiger partial charge < -0.3 is 5.11 Å². The van der Waals surface area contributed by atoms with Crippen LogP contribution in [0.1, 0.15) is 27.8 Å². The minimum absolute atomic E-state index is 0.126. The Kier molecular flexibility index (Phi) is 4.46. The van der Waals surface area contributed by atoms with Crippen molar-refractivity contribution in [3.8, 4) is 11.8 Å². The van der Waals surface area contributed by atoms with Gasteiger partial charge in [-0.15, -0.1) is 0 Å². The minimum Gasteiger partial charge on any atom is -0.507 e. The molecular formula is C18H14F3NO. The molecule has 5 heteroatoms. The van der Waals surface area contributed by atoms with Crippen LogP contribution in [0.2, 0.25) is 0 Å². The van der Waals surface area contributed by atoms with Crippen molar-refractivity contribution in [2.75, 3.05) is 0 Å². The van der Waals surface area contributed by atoms with E-state index in [-0.39, 0.29) is 16.9 Å². The van der Waals surface area contributed by atoms with E-state index in [0.717, 1.165) is 12.1 Å². The predicted octanol–water partition coefficient (Wildman–Crippen LogP) is 5.09. The summed E-state index contributed by atoms with van der Waals surface area (Å²) in [7, 11) is 0. The van der Waals surface area contributed by atoms with Gasteiger partial charge in [-0.3, -0.25) is 0 Å². The third kappa shape index (κ3) is 3.72. The van der Waals surface area contributed by atoms with Gasteiger partial charge in [0.15, 0.2) is 0 Å². The Bertz CT molecular complexity index is 791. The zero-order valence-electron chi connectivity index (χ0n) is 12.6. The number of hydrogen-bond donors (Lipinski definition) is 1. The van der Waals surface area contributed by atoms with Gasteiger partial charge in [-0.2, -0.15) is 18.4 Å². The fourth-order valence-corrected chi connectivity index (χ4v) is 2.28. The summed E-state index contributed by atoms with van der Waals surface area (Å²) in [5, 5.41) is 19.0. The Labute approximate surface area is 132 Å². The molecule has 0 radical (unpaired) electrons. The molecule has 0 atom stereocenters. The maximum atomic E-state index is 12.8. The molecular weight excluding hydrogens is 303 g/mol. The summed E-state index contributed by atoms with van der Waals surface area (Å²) in [5.74, 6) is 0.166. The van der Waals surface area contributed by atoms with Gasteiger partial charge in [-0.05, 0) is 66.4 Å². The van der Waals surface area contributed by atoms with Crippen LogP contribution in [0.4, 0.5) is 13.2 Å². The highest BCUT2D eigenvalue weighted by Crippen LogP contribution is 2.31. The topological polar surface area (TPSA) is 44.0 Å². The predicted molar refractivity (Wildman–Crippen MR) is 82.5 cm³/mol. The lowest BCUT2D eigenvalue weighted by Crippen LogP contribution is -2.04. The van der Waals surface area contributed by atoms with Crippen LogP contribution in [0.15, 0.2) is 36.4 Å². The molecule has 0 aromatic heterocycles. The third-order valence-electron chi connectivity index (χ3n) is 3.45. The van der Waals surface area contributed by atoms with Crippen molar-refractivity contribution in [2.24, 2.45) is 0 Å². The molecule has 23 heavy (non-hydrogen) atoms. The SMILES string of the molecule is Cc1cc(C=C(C#N)c2cccc(C(F)(F)F)c2)cc(C)c1O. The molecule has 0 spiro atoms. The first-order valence-electron chi connectivity index (χ1n) is 6.82. The zero-order valence-corrected chi connectivity index (χ0v) is 12.6. The number of phenolic OH excluding ortho intramolecular Hbond substituents is 1. The molecule has 0 unspecified atom stereocenters. The quantitative estimate of drug-likeness (QED) is 0.619. The monoisotopic (exact) mass is 317 g/mol. The van der Waals surface area contributed by atoms with Gasteiger partial charge in [0.2, 0.25) is 0 Å². The molecule has 2 aromatic rings. The number of nitrogens with zero attached hydrogens (tertiary/aromatic N) is 1. The number of benzene rings is 2. The molecule has 1 N–H and O–H groups in total. The lowest BCUT2D eigenvalue weighted by atomic mass is 9.99. The van der Waals surface area contributed by atoms with Gasteiger partial charge in [-0.1, -0.05) is 12.1 Å². The van der Waals surface area contributed by atoms with Gasteiger partial charge in [-0.25, -0.2) is 0 Å². The lowest BCUT2D eigenvalue weighted by Gasteiger charge is -2.09. The van der Waals surface area contributed by atoms with E-state index in [1.165, 1.54) is 18.2 Å². The van der Waals surface area contributed by atoms with Crippen LogP contribution in [0.3, 0.4) is 0 Å². The second-order valence-corrected chi connectivity index (χ2v) is 5.25. The smallest absolute Gasteiger partial charge is 0.416 e. The van der Waals surface area contributed by atoms with Crippen molar-refractivity contribution in [1.29, 1.82) is 5.26 Å². The number of hydrogen-bond acceptors (Lipinski definition) is 2. The molecule has 0 aliphatic heterocycles. The highest BCUT2D eigenvalue weighted by molar-refractivity contribution is 5.90. The second-order valence-electron chi connectivity index (χ2n) is 5.25. The molecule has 0 saturated heterocycles. The Morgan fingerprint density at radius 3 is 2.26 bits per heavy atom. The normalized spacial score (nSPS) is 12.1. The van der Waals surface area contributed by atoms with E-state index in [2.05, 4.69) is 0 Å². The number of alkyl halides is 3. The number of halogens is 3. The fraction of sp³-hybridized carbons (Fsp3) is 0.167. The van der Waals surface area contributed by atoms with Crippen LogP contribution >= 0.6 is 0 Å². The van der Waals surface area contributed by atoms with E-state index in [1.807, 2.05) is 6.07 Å².